The number of nitrogens with two attached hydrogens (primary N) is 1. The second-order valence-corrected chi connectivity index (χ2v) is 6.78. The number of benzene rings is 2. The van der Waals surface area contributed by atoms with Gasteiger partial charge < -0.3 is 25.3 Å². The topological polar surface area (TPSA) is 57.7 Å². The van der Waals surface area contributed by atoms with E-state index in [-0.39, 0.29) is 0 Å². The molecule has 0 atom stereocenters. The van der Waals surface area contributed by atoms with E-state index in [4.69, 9.17) is 10.2 Å². The molecule has 26 heavy (non-hydrogen) atoms. The molecule has 1 fully saturated rings. The standard InChI is InChI=1S/C21H24N4O/c1-24-8-10-25(11-9-24)19-4-2-3-18(14-19)23-21-6-5-16(13-20(21)22)17-7-12-26-15-17/h2-7,12-15,23H,8-11,22H2,1H3. The highest BCUT2D eigenvalue weighted by Gasteiger charge is 2.14. The van der Waals surface area contributed by atoms with Crippen LogP contribution in [0.1, 0.15) is 0 Å². The Balaban J connectivity index is 1.51. The van der Waals surface area contributed by atoms with Gasteiger partial charge >= 0.3 is 0 Å². The Hall–Kier alpha value is -2.92. The van der Waals surface area contributed by atoms with Gasteiger partial charge in [-0.05, 0) is 49.0 Å². The molecule has 5 nitrogen and oxygen atoms in total. The molecule has 0 aliphatic carbocycles. The van der Waals surface area contributed by atoms with Gasteiger partial charge in [0.2, 0.25) is 0 Å². The Morgan fingerprint density at radius 2 is 1.81 bits per heavy atom. The molecule has 3 N–H and O–H groups in total. The lowest BCUT2D eigenvalue weighted by atomic mass is 10.1. The third-order valence-corrected chi connectivity index (χ3v) is 4.90. The predicted molar refractivity (Wildman–Crippen MR) is 108 cm³/mol. The fourth-order valence-electron chi connectivity index (χ4n) is 3.29. The molecular formula is C21H24N4O. The smallest absolute Gasteiger partial charge is 0.0980 e. The number of nitrogens with zero attached hydrogens (tertiary/aromatic N) is 2. The van der Waals surface area contributed by atoms with Gasteiger partial charge in [0.1, 0.15) is 0 Å². The van der Waals surface area contributed by atoms with Crippen molar-refractivity contribution < 1.29 is 4.42 Å². The van der Waals surface area contributed by atoms with Crippen LogP contribution in [0, 0.1) is 0 Å². The molecule has 1 aliphatic heterocycles. The van der Waals surface area contributed by atoms with Gasteiger partial charge in [0.05, 0.1) is 23.9 Å². The molecule has 3 aromatic rings. The van der Waals surface area contributed by atoms with Gasteiger partial charge in [0.25, 0.3) is 0 Å². The van der Waals surface area contributed by atoms with E-state index < -0.39 is 0 Å². The Bertz CT molecular complexity index is 867. The largest absolute Gasteiger partial charge is 0.472 e. The van der Waals surface area contributed by atoms with E-state index >= 15 is 0 Å². The van der Waals surface area contributed by atoms with Crippen molar-refractivity contribution in [2.75, 3.05) is 49.2 Å². The molecule has 4 rings (SSSR count). The Kier molecular flexibility index (Phi) is 4.54. The predicted octanol–water partition coefficient (Wildman–Crippen LogP) is 4.02. The monoisotopic (exact) mass is 348 g/mol. The molecule has 1 aliphatic rings. The second kappa shape index (κ2) is 7.14. The molecule has 5 heteroatoms. The number of piperazine rings is 1. The van der Waals surface area contributed by atoms with Gasteiger partial charge in [0, 0.05) is 43.1 Å². The molecule has 0 saturated carbocycles. The van der Waals surface area contributed by atoms with E-state index in [2.05, 4.69) is 46.4 Å². The number of anilines is 4. The molecule has 0 unspecified atom stereocenters. The van der Waals surface area contributed by atoms with Crippen LogP contribution in [-0.4, -0.2) is 38.1 Å². The number of furan rings is 1. The molecular weight excluding hydrogens is 324 g/mol. The average Bonchev–Trinajstić information content (AvgIpc) is 3.19. The summed E-state index contributed by atoms with van der Waals surface area (Å²) in [5, 5.41) is 3.45. The number of nitrogens with one attached hydrogen (secondary N) is 1. The van der Waals surface area contributed by atoms with E-state index in [1.165, 1.54) is 5.69 Å². The first kappa shape index (κ1) is 16.5. The van der Waals surface area contributed by atoms with E-state index in [0.717, 1.165) is 48.7 Å². The number of nitrogen functional groups attached to an aromatic ring is 1. The maximum absolute atomic E-state index is 6.26. The van der Waals surface area contributed by atoms with Crippen molar-refractivity contribution in [1.82, 2.24) is 4.90 Å². The minimum Gasteiger partial charge on any atom is -0.472 e. The minimum atomic E-state index is 0.716. The third-order valence-electron chi connectivity index (χ3n) is 4.90. The van der Waals surface area contributed by atoms with Crippen molar-refractivity contribution in [3.63, 3.8) is 0 Å². The van der Waals surface area contributed by atoms with Gasteiger partial charge in [-0.25, -0.2) is 0 Å². The summed E-state index contributed by atoms with van der Waals surface area (Å²) in [6.45, 7) is 4.31. The highest BCUT2D eigenvalue weighted by Crippen LogP contribution is 2.30. The average molecular weight is 348 g/mol. The summed E-state index contributed by atoms with van der Waals surface area (Å²) in [6, 6.07) is 16.5. The maximum Gasteiger partial charge on any atom is 0.0980 e. The molecule has 134 valence electrons. The molecule has 2 aromatic carbocycles. The highest BCUT2D eigenvalue weighted by molar-refractivity contribution is 5.79. The van der Waals surface area contributed by atoms with Crippen molar-refractivity contribution in [1.29, 1.82) is 0 Å². The van der Waals surface area contributed by atoms with Gasteiger partial charge in [0.15, 0.2) is 0 Å². The molecule has 0 amide bonds. The van der Waals surface area contributed by atoms with Crippen LogP contribution in [0.25, 0.3) is 11.1 Å². The fraction of sp³-hybridized carbons (Fsp3) is 0.238. The summed E-state index contributed by atoms with van der Waals surface area (Å²) in [6.07, 6.45) is 3.39. The maximum atomic E-state index is 6.26. The molecule has 0 radical (unpaired) electrons. The molecule has 0 spiro atoms. The Morgan fingerprint density at radius 1 is 0.962 bits per heavy atom. The summed E-state index contributed by atoms with van der Waals surface area (Å²) in [7, 11) is 2.17. The van der Waals surface area contributed by atoms with Crippen LogP contribution >= 0.6 is 0 Å². The second-order valence-electron chi connectivity index (χ2n) is 6.78. The van der Waals surface area contributed by atoms with Crippen LogP contribution in [-0.2, 0) is 0 Å². The lowest BCUT2D eigenvalue weighted by Gasteiger charge is -2.34. The van der Waals surface area contributed by atoms with Crippen LogP contribution in [0.5, 0.6) is 0 Å². The lowest BCUT2D eigenvalue weighted by Crippen LogP contribution is -2.44. The SMILES string of the molecule is CN1CCN(c2cccc(Nc3ccc(-c4ccoc4)cc3N)c2)CC1. The summed E-state index contributed by atoms with van der Waals surface area (Å²) >= 11 is 0. The summed E-state index contributed by atoms with van der Waals surface area (Å²) in [5.74, 6) is 0. The van der Waals surface area contributed by atoms with E-state index in [9.17, 15) is 0 Å². The van der Waals surface area contributed by atoms with Crippen molar-refractivity contribution >= 4 is 22.7 Å². The molecule has 2 heterocycles. The van der Waals surface area contributed by atoms with Gasteiger partial charge in [-0.2, -0.15) is 0 Å². The van der Waals surface area contributed by atoms with E-state index in [1.54, 1.807) is 12.5 Å². The number of likely N-dealkylation sites (N-methyl/N-ethyl adjacent to an activating group) is 1. The third kappa shape index (κ3) is 3.53. The quantitative estimate of drug-likeness (QED) is 0.697. The Morgan fingerprint density at radius 3 is 2.54 bits per heavy atom. The zero-order valence-corrected chi connectivity index (χ0v) is 15.0. The minimum absolute atomic E-state index is 0.716. The normalized spacial score (nSPS) is 15.2. The zero-order chi connectivity index (χ0) is 17.9. The summed E-state index contributed by atoms with van der Waals surface area (Å²) < 4.78 is 5.15. The van der Waals surface area contributed by atoms with Gasteiger partial charge in [-0.15, -0.1) is 0 Å². The number of hydrogen-bond donors (Lipinski definition) is 2. The molecule has 0 bridgehead atoms. The van der Waals surface area contributed by atoms with Crippen LogP contribution in [0.3, 0.4) is 0 Å². The lowest BCUT2D eigenvalue weighted by molar-refractivity contribution is 0.313. The number of rotatable bonds is 4. The first-order valence-corrected chi connectivity index (χ1v) is 8.92. The van der Waals surface area contributed by atoms with Gasteiger partial charge in [-0.3, -0.25) is 0 Å². The van der Waals surface area contributed by atoms with E-state index in [0.29, 0.717) is 5.69 Å². The summed E-state index contributed by atoms with van der Waals surface area (Å²) in [4.78, 5) is 4.79. The van der Waals surface area contributed by atoms with Crippen molar-refractivity contribution in [2.24, 2.45) is 0 Å². The first-order valence-electron chi connectivity index (χ1n) is 8.92. The fourth-order valence-corrected chi connectivity index (χ4v) is 3.29. The zero-order valence-electron chi connectivity index (χ0n) is 15.0. The van der Waals surface area contributed by atoms with Gasteiger partial charge in [-0.1, -0.05) is 12.1 Å². The van der Waals surface area contributed by atoms with Crippen LogP contribution in [0.15, 0.2) is 65.5 Å². The van der Waals surface area contributed by atoms with Crippen LogP contribution in [0.4, 0.5) is 22.7 Å². The molecule has 1 aromatic heterocycles. The summed E-state index contributed by atoms with van der Waals surface area (Å²) in [5.41, 5.74) is 12.3. The first-order chi connectivity index (χ1) is 12.7. The van der Waals surface area contributed by atoms with E-state index in [1.807, 2.05) is 24.3 Å². The molecule has 1 saturated heterocycles. The highest BCUT2D eigenvalue weighted by atomic mass is 16.3. The van der Waals surface area contributed by atoms with Crippen molar-refractivity contribution in [3.05, 3.63) is 61.1 Å². The van der Waals surface area contributed by atoms with Crippen LogP contribution in [0.2, 0.25) is 0 Å². The number of hydrogen-bond acceptors (Lipinski definition) is 5. The van der Waals surface area contributed by atoms with Crippen molar-refractivity contribution in [3.8, 4) is 11.1 Å². The Labute approximate surface area is 154 Å². The van der Waals surface area contributed by atoms with Crippen LogP contribution < -0.4 is 16.0 Å². The van der Waals surface area contributed by atoms with Crippen molar-refractivity contribution in [2.45, 2.75) is 0 Å².